The molecule has 4 rings (SSSR count). The number of nitrogens with zero attached hydrogens (tertiary/aromatic N) is 2. The maximum atomic E-state index is 12.5. The molecule has 0 atom stereocenters. The van der Waals surface area contributed by atoms with Crippen LogP contribution in [0.4, 0.5) is 0 Å². The second-order valence-electron chi connectivity index (χ2n) is 6.03. The fraction of sp³-hybridized carbons (Fsp3) is 0.263. The number of hydrogen-bond donors (Lipinski definition) is 0. The standard InChI is InChI=1S/C19H18N2O4/c1-21(12-13-6-7-17-18(10-13)24-9-8-23-17)19(22)11-15-14-4-2-3-5-16(14)25-20-15/h2-7,10H,8-9,11-12H2,1H3. The quantitative estimate of drug-likeness (QED) is 0.732. The van der Waals surface area contributed by atoms with Crippen LogP contribution in [0.1, 0.15) is 11.3 Å². The number of carbonyl (C=O) groups excluding carboxylic acids is 1. The first-order valence-corrected chi connectivity index (χ1v) is 8.16. The van der Waals surface area contributed by atoms with Crippen LogP contribution in [0.5, 0.6) is 11.5 Å². The zero-order valence-corrected chi connectivity index (χ0v) is 13.9. The molecule has 0 N–H and O–H groups in total. The van der Waals surface area contributed by atoms with Gasteiger partial charge in [0.25, 0.3) is 0 Å². The van der Waals surface area contributed by atoms with Crippen molar-refractivity contribution in [2.45, 2.75) is 13.0 Å². The number of para-hydroxylation sites is 1. The number of fused-ring (bicyclic) bond motifs is 2. The van der Waals surface area contributed by atoms with E-state index in [2.05, 4.69) is 5.16 Å². The minimum atomic E-state index is -0.0195. The van der Waals surface area contributed by atoms with Gasteiger partial charge in [-0.3, -0.25) is 4.79 Å². The zero-order valence-electron chi connectivity index (χ0n) is 13.9. The Hall–Kier alpha value is -3.02. The lowest BCUT2D eigenvalue weighted by Crippen LogP contribution is -2.28. The fourth-order valence-electron chi connectivity index (χ4n) is 2.89. The number of amides is 1. The van der Waals surface area contributed by atoms with Crippen LogP contribution in [-0.4, -0.2) is 36.2 Å². The molecule has 0 saturated heterocycles. The van der Waals surface area contributed by atoms with Gasteiger partial charge in [-0.1, -0.05) is 23.4 Å². The lowest BCUT2D eigenvalue weighted by Gasteiger charge is -2.21. The van der Waals surface area contributed by atoms with E-state index in [4.69, 9.17) is 14.0 Å². The third kappa shape index (κ3) is 3.15. The van der Waals surface area contributed by atoms with Crippen LogP contribution in [0.2, 0.25) is 0 Å². The number of aromatic nitrogens is 1. The summed E-state index contributed by atoms with van der Waals surface area (Å²) < 4.78 is 16.4. The van der Waals surface area contributed by atoms with Crippen molar-refractivity contribution < 1.29 is 18.8 Å². The highest BCUT2D eigenvalue weighted by Gasteiger charge is 2.17. The monoisotopic (exact) mass is 338 g/mol. The molecule has 1 amide bonds. The van der Waals surface area contributed by atoms with Crippen molar-refractivity contribution in [1.29, 1.82) is 0 Å². The number of carbonyl (C=O) groups is 1. The highest BCUT2D eigenvalue weighted by Crippen LogP contribution is 2.31. The molecule has 1 aliphatic rings. The van der Waals surface area contributed by atoms with Gasteiger partial charge in [-0.05, 0) is 29.8 Å². The average Bonchev–Trinajstić information content (AvgIpc) is 3.04. The van der Waals surface area contributed by atoms with Crippen molar-refractivity contribution >= 4 is 16.9 Å². The summed E-state index contributed by atoms with van der Waals surface area (Å²) in [5, 5.41) is 4.90. The molecule has 6 nitrogen and oxygen atoms in total. The number of benzene rings is 2. The van der Waals surface area contributed by atoms with Gasteiger partial charge in [-0.2, -0.15) is 0 Å². The molecule has 0 unspecified atom stereocenters. The van der Waals surface area contributed by atoms with Gasteiger partial charge < -0.3 is 18.9 Å². The summed E-state index contributed by atoms with van der Waals surface area (Å²) >= 11 is 0. The van der Waals surface area contributed by atoms with E-state index in [0.717, 1.165) is 22.4 Å². The molecule has 0 fully saturated rings. The molecule has 0 bridgehead atoms. The van der Waals surface area contributed by atoms with Crippen molar-refractivity contribution in [1.82, 2.24) is 10.1 Å². The van der Waals surface area contributed by atoms with Gasteiger partial charge in [0.1, 0.15) is 18.9 Å². The Morgan fingerprint density at radius 2 is 1.92 bits per heavy atom. The van der Waals surface area contributed by atoms with E-state index in [9.17, 15) is 4.79 Å². The second-order valence-corrected chi connectivity index (χ2v) is 6.03. The van der Waals surface area contributed by atoms with Crippen LogP contribution < -0.4 is 9.47 Å². The normalized spacial score (nSPS) is 13.0. The van der Waals surface area contributed by atoms with E-state index in [0.29, 0.717) is 31.0 Å². The largest absolute Gasteiger partial charge is 0.486 e. The Morgan fingerprint density at radius 1 is 1.12 bits per heavy atom. The molecule has 3 aromatic rings. The first kappa shape index (κ1) is 15.5. The highest BCUT2D eigenvalue weighted by molar-refractivity contribution is 5.86. The average molecular weight is 338 g/mol. The Kier molecular flexibility index (Phi) is 4.01. The third-order valence-corrected chi connectivity index (χ3v) is 4.22. The number of likely N-dealkylation sites (N-methyl/N-ethyl adjacent to an activating group) is 1. The van der Waals surface area contributed by atoms with E-state index in [-0.39, 0.29) is 12.3 Å². The van der Waals surface area contributed by atoms with Crippen molar-refractivity contribution in [2.24, 2.45) is 0 Å². The van der Waals surface area contributed by atoms with Crippen molar-refractivity contribution in [3.05, 3.63) is 53.7 Å². The number of rotatable bonds is 4. The number of ether oxygens (including phenoxy) is 2. The SMILES string of the molecule is CN(Cc1ccc2c(c1)OCCO2)C(=O)Cc1noc2ccccc12. The van der Waals surface area contributed by atoms with Crippen LogP contribution in [-0.2, 0) is 17.8 Å². The summed E-state index contributed by atoms with van der Waals surface area (Å²) in [6.07, 6.45) is 0.206. The summed E-state index contributed by atoms with van der Waals surface area (Å²) in [5.41, 5.74) is 2.35. The lowest BCUT2D eigenvalue weighted by molar-refractivity contribution is -0.129. The van der Waals surface area contributed by atoms with Crippen LogP contribution >= 0.6 is 0 Å². The molecule has 1 aromatic heterocycles. The van der Waals surface area contributed by atoms with Crippen LogP contribution in [0.3, 0.4) is 0 Å². The van der Waals surface area contributed by atoms with Gasteiger partial charge in [-0.25, -0.2) is 0 Å². The van der Waals surface area contributed by atoms with Crippen LogP contribution in [0.25, 0.3) is 11.0 Å². The van der Waals surface area contributed by atoms with E-state index in [1.165, 1.54) is 0 Å². The van der Waals surface area contributed by atoms with Crippen molar-refractivity contribution in [2.75, 3.05) is 20.3 Å². The topological polar surface area (TPSA) is 64.8 Å². The molecule has 0 radical (unpaired) electrons. The molecule has 2 heterocycles. The van der Waals surface area contributed by atoms with Gasteiger partial charge in [0.15, 0.2) is 17.1 Å². The Morgan fingerprint density at radius 3 is 2.80 bits per heavy atom. The minimum Gasteiger partial charge on any atom is -0.486 e. The van der Waals surface area contributed by atoms with Crippen molar-refractivity contribution in [3.8, 4) is 11.5 Å². The molecule has 0 spiro atoms. The van der Waals surface area contributed by atoms with Crippen LogP contribution in [0, 0.1) is 0 Å². The molecule has 128 valence electrons. The molecule has 6 heteroatoms. The van der Waals surface area contributed by atoms with Crippen LogP contribution in [0.15, 0.2) is 47.0 Å². The first-order chi connectivity index (χ1) is 12.2. The van der Waals surface area contributed by atoms with Gasteiger partial charge >= 0.3 is 0 Å². The minimum absolute atomic E-state index is 0.0195. The first-order valence-electron chi connectivity index (χ1n) is 8.16. The molecular weight excluding hydrogens is 320 g/mol. The molecular formula is C19H18N2O4. The molecule has 2 aromatic carbocycles. The second kappa shape index (κ2) is 6.47. The highest BCUT2D eigenvalue weighted by atomic mass is 16.6. The predicted molar refractivity (Wildman–Crippen MR) is 91.6 cm³/mol. The molecule has 1 aliphatic heterocycles. The molecule has 0 aliphatic carbocycles. The maximum Gasteiger partial charge on any atom is 0.228 e. The lowest BCUT2D eigenvalue weighted by atomic mass is 10.1. The number of hydrogen-bond acceptors (Lipinski definition) is 5. The fourth-order valence-corrected chi connectivity index (χ4v) is 2.89. The van der Waals surface area contributed by atoms with E-state index in [1.54, 1.807) is 11.9 Å². The van der Waals surface area contributed by atoms with Gasteiger partial charge in [0, 0.05) is 19.0 Å². The summed E-state index contributed by atoms with van der Waals surface area (Å²) in [6.45, 7) is 1.60. The molecule has 25 heavy (non-hydrogen) atoms. The van der Waals surface area contributed by atoms with Gasteiger partial charge in [-0.15, -0.1) is 0 Å². The maximum absolute atomic E-state index is 12.5. The van der Waals surface area contributed by atoms with Gasteiger partial charge in [0.05, 0.1) is 6.42 Å². The summed E-state index contributed by atoms with van der Waals surface area (Å²) in [5.74, 6) is 1.46. The van der Waals surface area contributed by atoms with E-state index in [1.807, 2.05) is 42.5 Å². The summed E-state index contributed by atoms with van der Waals surface area (Å²) in [6, 6.07) is 13.3. The zero-order chi connectivity index (χ0) is 17.2. The summed E-state index contributed by atoms with van der Waals surface area (Å²) in [7, 11) is 1.78. The smallest absolute Gasteiger partial charge is 0.228 e. The van der Waals surface area contributed by atoms with E-state index >= 15 is 0 Å². The van der Waals surface area contributed by atoms with E-state index < -0.39 is 0 Å². The Labute approximate surface area is 144 Å². The van der Waals surface area contributed by atoms with Crippen molar-refractivity contribution in [3.63, 3.8) is 0 Å². The third-order valence-electron chi connectivity index (χ3n) is 4.22. The predicted octanol–water partition coefficient (Wildman–Crippen LogP) is 2.80. The summed E-state index contributed by atoms with van der Waals surface area (Å²) in [4.78, 5) is 14.2. The molecule has 0 saturated carbocycles. The Bertz CT molecular complexity index is 919. The van der Waals surface area contributed by atoms with Gasteiger partial charge in [0.2, 0.25) is 5.91 Å². The Balaban J connectivity index is 1.45.